The summed E-state index contributed by atoms with van der Waals surface area (Å²) >= 11 is 0. The van der Waals surface area contributed by atoms with Crippen LogP contribution in [0.3, 0.4) is 0 Å². The zero-order valence-corrected chi connectivity index (χ0v) is 16.4. The summed E-state index contributed by atoms with van der Waals surface area (Å²) in [6.07, 6.45) is 5.83. The van der Waals surface area contributed by atoms with Crippen LogP contribution in [0.4, 0.5) is 14.6 Å². The molecule has 0 aliphatic heterocycles. The number of allylic oxidation sites excluding steroid dienone is 1. The summed E-state index contributed by atoms with van der Waals surface area (Å²) in [7, 11) is 0. The van der Waals surface area contributed by atoms with Crippen molar-refractivity contribution in [3.63, 3.8) is 0 Å². The molecular formula is C23H19F2N5. The normalized spacial score (nSPS) is 13.2. The molecule has 0 unspecified atom stereocenters. The van der Waals surface area contributed by atoms with E-state index < -0.39 is 5.82 Å². The van der Waals surface area contributed by atoms with Gasteiger partial charge in [0.15, 0.2) is 5.65 Å². The number of hydrogen-bond acceptors (Lipinski definition) is 4. The Balaban J connectivity index is 1.41. The summed E-state index contributed by atoms with van der Waals surface area (Å²) in [6.45, 7) is 2.70. The first-order valence-corrected chi connectivity index (χ1v) is 9.76. The average Bonchev–Trinajstić information content (AvgIpc) is 3.33. The monoisotopic (exact) mass is 403 g/mol. The van der Waals surface area contributed by atoms with Crippen molar-refractivity contribution in [2.45, 2.75) is 19.8 Å². The Morgan fingerprint density at radius 2 is 2.03 bits per heavy atom. The summed E-state index contributed by atoms with van der Waals surface area (Å²) < 4.78 is 29.4. The van der Waals surface area contributed by atoms with Crippen molar-refractivity contribution in [3.05, 3.63) is 83.3 Å². The number of halogens is 2. The minimum atomic E-state index is -0.410. The van der Waals surface area contributed by atoms with Gasteiger partial charge in [-0.2, -0.15) is 9.61 Å². The number of hydrogen-bond donors (Lipinski definition) is 1. The number of pyridine rings is 1. The standard InChI is InChI=1S/C23H19F2N5/c1-14-9-19-18(3-2-4-20(19)25)17(14)5-7-27-23-11-21(15-10-16(24)13-26-12-15)29-22-6-8-28-30(22)23/h2-4,6,8,10-13,27H,5,7,9H2,1H3. The van der Waals surface area contributed by atoms with E-state index in [1.54, 1.807) is 29.0 Å². The fraction of sp³-hybridized carbons (Fsp3) is 0.174. The van der Waals surface area contributed by atoms with Crippen molar-refractivity contribution in [2.75, 3.05) is 11.9 Å². The van der Waals surface area contributed by atoms with Gasteiger partial charge in [-0.15, -0.1) is 0 Å². The third kappa shape index (κ3) is 3.22. The van der Waals surface area contributed by atoms with Crippen molar-refractivity contribution >= 4 is 17.0 Å². The van der Waals surface area contributed by atoms with Gasteiger partial charge in [0.25, 0.3) is 0 Å². The number of rotatable bonds is 5. The third-order valence-electron chi connectivity index (χ3n) is 5.44. The molecule has 7 heteroatoms. The van der Waals surface area contributed by atoms with Gasteiger partial charge >= 0.3 is 0 Å². The highest BCUT2D eigenvalue weighted by Crippen LogP contribution is 2.36. The molecule has 5 rings (SSSR count). The number of aromatic nitrogens is 4. The van der Waals surface area contributed by atoms with Crippen LogP contribution in [0.1, 0.15) is 24.5 Å². The maximum atomic E-state index is 14.1. The van der Waals surface area contributed by atoms with Gasteiger partial charge in [0.2, 0.25) is 0 Å². The molecule has 1 aliphatic rings. The quantitative estimate of drug-likeness (QED) is 0.515. The molecule has 3 heterocycles. The fourth-order valence-electron chi connectivity index (χ4n) is 4.03. The average molecular weight is 403 g/mol. The van der Waals surface area contributed by atoms with Crippen LogP contribution < -0.4 is 5.32 Å². The molecule has 0 radical (unpaired) electrons. The van der Waals surface area contributed by atoms with Crippen LogP contribution in [0.5, 0.6) is 0 Å². The highest BCUT2D eigenvalue weighted by molar-refractivity contribution is 5.76. The molecule has 4 aromatic rings. The molecule has 0 atom stereocenters. The molecule has 0 bridgehead atoms. The predicted molar refractivity (Wildman–Crippen MR) is 112 cm³/mol. The lowest BCUT2D eigenvalue weighted by atomic mass is 10.0. The van der Waals surface area contributed by atoms with E-state index in [1.165, 1.54) is 29.5 Å². The molecule has 150 valence electrons. The SMILES string of the molecule is CC1=C(CCNc2cc(-c3cncc(F)c3)nc3ccnn23)c2cccc(F)c2C1. The lowest BCUT2D eigenvalue weighted by Gasteiger charge is -2.12. The van der Waals surface area contributed by atoms with Crippen LogP contribution in [0.2, 0.25) is 0 Å². The van der Waals surface area contributed by atoms with Gasteiger partial charge in [0.05, 0.1) is 18.1 Å². The fourth-order valence-corrected chi connectivity index (χ4v) is 4.03. The zero-order valence-electron chi connectivity index (χ0n) is 16.4. The topological polar surface area (TPSA) is 55.1 Å². The Morgan fingerprint density at radius 1 is 1.13 bits per heavy atom. The van der Waals surface area contributed by atoms with E-state index in [0.29, 0.717) is 29.9 Å². The van der Waals surface area contributed by atoms with Gasteiger partial charge in [-0.3, -0.25) is 4.98 Å². The largest absolute Gasteiger partial charge is 0.370 e. The molecule has 3 aromatic heterocycles. The summed E-state index contributed by atoms with van der Waals surface area (Å²) in [5.41, 5.74) is 6.02. The highest BCUT2D eigenvalue weighted by Gasteiger charge is 2.21. The summed E-state index contributed by atoms with van der Waals surface area (Å²) in [5.74, 6) is 0.197. The van der Waals surface area contributed by atoms with E-state index in [2.05, 4.69) is 27.3 Å². The number of nitrogens with zero attached hydrogens (tertiary/aromatic N) is 4. The number of fused-ring (bicyclic) bond motifs is 2. The molecule has 1 aliphatic carbocycles. The van der Waals surface area contributed by atoms with Gasteiger partial charge in [-0.25, -0.2) is 13.8 Å². The van der Waals surface area contributed by atoms with Crippen molar-refractivity contribution in [1.82, 2.24) is 19.6 Å². The Morgan fingerprint density at radius 3 is 2.90 bits per heavy atom. The molecule has 0 amide bonds. The van der Waals surface area contributed by atoms with Crippen molar-refractivity contribution in [1.29, 1.82) is 0 Å². The second kappa shape index (κ2) is 7.33. The smallest absolute Gasteiger partial charge is 0.157 e. The first-order valence-electron chi connectivity index (χ1n) is 9.76. The molecule has 30 heavy (non-hydrogen) atoms. The van der Waals surface area contributed by atoms with E-state index in [9.17, 15) is 8.78 Å². The number of anilines is 1. The van der Waals surface area contributed by atoms with Crippen LogP contribution in [0.25, 0.3) is 22.5 Å². The van der Waals surface area contributed by atoms with E-state index in [-0.39, 0.29) is 5.82 Å². The first kappa shape index (κ1) is 18.4. The predicted octanol–water partition coefficient (Wildman–Crippen LogP) is 4.90. The lowest BCUT2D eigenvalue weighted by molar-refractivity contribution is 0.614. The number of nitrogens with one attached hydrogen (secondary N) is 1. The third-order valence-corrected chi connectivity index (χ3v) is 5.44. The lowest BCUT2D eigenvalue weighted by Crippen LogP contribution is -2.08. The molecule has 1 aromatic carbocycles. The Kier molecular flexibility index (Phi) is 4.50. The van der Waals surface area contributed by atoms with Gasteiger partial charge in [0.1, 0.15) is 17.5 Å². The van der Waals surface area contributed by atoms with E-state index >= 15 is 0 Å². The molecule has 5 nitrogen and oxygen atoms in total. The molecule has 0 spiro atoms. The highest BCUT2D eigenvalue weighted by atomic mass is 19.1. The van der Waals surface area contributed by atoms with Crippen LogP contribution in [0.15, 0.2) is 60.6 Å². The second-order valence-corrected chi connectivity index (χ2v) is 7.40. The Hall–Kier alpha value is -3.61. The number of benzene rings is 1. The van der Waals surface area contributed by atoms with Crippen LogP contribution in [-0.2, 0) is 6.42 Å². The Bertz CT molecular complexity index is 1290. The van der Waals surface area contributed by atoms with Gasteiger partial charge in [-0.1, -0.05) is 17.7 Å². The zero-order chi connectivity index (χ0) is 20.7. The first-order chi connectivity index (χ1) is 14.6. The van der Waals surface area contributed by atoms with Gasteiger partial charge < -0.3 is 5.32 Å². The van der Waals surface area contributed by atoms with E-state index in [1.807, 2.05) is 12.1 Å². The molecule has 0 saturated carbocycles. The van der Waals surface area contributed by atoms with Crippen molar-refractivity contribution in [2.24, 2.45) is 0 Å². The molecule has 0 saturated heterocycles. The van der Waals surface area contributed by atoms with Crippen LogP contribution in [0, 0.1) is 11.6 Å². The Labute approximate surface area is 172 Å². The van der Waals surface area contributed by atoms with Gasteiger partial charge in [-0.05, 0) is 48.6 Å². The minimum absolute atomic E-state index is 0.143. The summed E-state index contributed by atoms with van der Waals surface area (Å²) in [6, 6.07) is 10.3. The van der Waals surface area contributed by atoms with E-state index in [0.717, 1.165) is 23.4 Å². The molecule has 1 N–H and O–H groups in total. The van der Waals surface area contributed by atoms with E-state index in [4.69, 9.17) is 0 Å². The maximum Gasteiger partial charge on any atom is 0.157 e. The molecular weight excluding hydrogens is 384 g/mol. The minimum Gasteiger partial charge on any atom is -0.370 e. The van der Waals surface area contributed by atoms with Crippen molar-refractivity contribution in [3.8, 4) is 11.3 Å². The van der Waals surface area contributed by atoms with Gasteiger partial charge in [0, 0.05) is 30.4 Å². The maximum absolute atomic E-state index is 14.1. The van der Waals surface area contributed by atoms with Crippen molar-refractivity contribution < 1.29 is 8.78 Å². The molecule has 0 fully saturated rings. The summed E-state index contributed by atoms with van der Waals surface area (Å²) in [4.78, 5) is 8.46. The summed E-state index contributed by atoms with van der Waals surface area (Å²) in [5, 5.41) is 7.73. The second-order valence-electron chi connectivity index (χ2n) is 7.40. The van der Waals surface area contributed by atoms with Crippen LogP contribution >= 0.6 is 0 Å². The van der Waals surface area contributed by atoms with Crippen LogP contribution in [-0.4, -0.2) is 26.1 Å².